The van der Waals surface area contributed by atoms with Gasteiger partial charge in [-0.05, 0) is 17.3 Å². The molecule has 2 nitrogen and oxygen atoms in total. The Labute approximate surface area is 95.4 Å². The van der Waals surface area contributed by atoms with E-state index in [4.69, 9.17) is 0 Å². The monoisotopic (exact) mass is 275 g/mol. The van der Waals surface area contributed by atoms with E-state index in [2.05, 4.69) is 5.18 Å². The van der Waals surface area contributed by atoms with E-state index >= 15 is 0 Å². The number of nitroso groups, excluding NO2 is 1. The van der Waals surface area contributed by atoms with Crippen molar-refractivity contribution in [2.75, 3.05) is 0 Å². The van der Waals surface area contributed by atoms with Gasteiger partial charge in [0.15, 0.2) is 0 Å². The van der Waals surface area contributed by atoms with Gasteiger partial charge in [-0.15, -0.1) is 4.91 Å². The van der Waals surface area contributed by atoms with Crippen molar-refractivity contribution in [1.82, 2.24) is 0 Å². The molecular formula is C9H4F7NO. The lowest BCUT2D eigenvalue weighted by atomic mass is 9.94. The summed E-state index contributed by atoms with van der Waals surface area (Å²) in [6.07, 6.45) is -12.3. The normalized spacial score (nSPS) is 13.5. The zero-order valence-corrected chi connectivity index (χ0v) is 8.31. The summed E-state index contributed by atoms with van der Waals surface area (Å²) >= 11 is 0. The second-order valence-electron chi connectivity index (χ2n) is 3.29. The molecule has 0 aromatic heterocycles. The highest BCUT2D eigenvalue weighted by molar-refractivity contribution is 5.41. The van der Waals surface area contributed by atoms with E-state index in [0.29, 0.717) is 12.1 Å². The van der Waals surface area contributed by atoms with Crippen molar-refractivity contribution in [3.8, 4) is 0 Å². The van der Waals surface area contributed by atoms with Crippen molar-refractivity contribution in [3.63, 3.8) is 0 Å². The Hall–Kier alpha value is -1.67. The summed E-state index contributed by atoms with van der Waals surface area (Å²) in [5.41, 5.74) is -7.55. The second kappa shape index (κ2) is 4.21. The summed E-state index contributed by atoms with van der Waals surface area (Å²) in [4.78, 5) is 9.97. The van der Waals surface area contributed by atoms with Gasteiger partial charge in [0.25, 0.3) is 0 Å². The molecule has 0 saturated heterocycles. The third-order valence-corrected chi connectivity index (χ3v) is 2.15. The van der Waals surface area contributed by atoms with E-state index in [0.717, 1.165) is 0 Å². The van der Waals surface area contributed by atoms with Crippen molar-refractivity contribution < 1.29 is 30.7 Å². The highest BCUT2D eigenvalue weighted by Gasteiger charge is 2.73. The van der Waals surface area contributed by atoms with Gasteiger partial charge in [0.1, 0.15) is 5.69 Å². The molecule has 0 amide bonds. The molecule has 0 aliphatic carbocycles. The summed E-state index contributed by atoms with van der Waals surface area (Å²) in [7, 11) is 0. The summed E-state index contributed by atoms with van der Waals surface area (Å²) in [6.45, 7) is 0. The van der Waals surface area contributed by atoms with E-state index in [1.807, 2.05) is 0 Å². The van der Waals surface area contributed by atoms with E-state index in [1.54, 1.807) is 0 Å². The number of rotatable bonds is 2. The van der Waals surface area contributed by atoms with Crippen LogP contribution in [0.4, 0.5) is 36.4 Å². The molecule has 0 bridgehead atoms. The summed E-state index contributed by atoms with van der Waals surface area (Å²) in [5, 5.41) is 2.28. The maximum absolute atomic E-state index is 13.4. The number of hydrogen-bond donors (Lipinski definition) is 0. The Bertz CT molecular complexity index is 420. The van der Waals surface area contributed by atoms with Crippen LogP contribution in [0.15, 0.2) is 29.4 Å². The van der Waals surface area contributed by atoms with Crippen LogP contribution in [0.25, 0.3) is 0 Å². The smallest absolute Gasteiger partial charge is 0.218 e. The SMILES string of the molecule is O=Nc1ccc(C(F)(C(F)(F)F)C(F)(F)F)cc1. The Kier molecular flexibility index (Phi) is 3.37. The molecule has 0 heterocycles. The van der Waals surface area contributed by atoms with E-state index in [1.165, 1.54) is 0 Å². The molecule has 0 saturated carbocycles. The van der Waals surface area contributed by atoms with Crippen molar-refractivity contribution in [2.45, 2.75) is 18.0 Å². The van der Waals surface area contributed by atoms with Crippen LogP contribution >= 0.6 is 0 Å². The van der Waals surface area contributed by atoms with Gasteiger partial charge in [-0.1, -0.05) is 12.1 Å². The maximum Gasteiger partial charge on any atom is 0.435 e. The van der Waals surface area contributed by atoms with Crippen LogP contribution in [0, 0.1) is 4.91 Å². The number of halogens is 7. The van der Waals surface area contributed by atoms with Gasteiger partial charge in [-0.3, -0.25) is 0 Å². The van der Waals surface area contributed by atoms with Gasteiger partial charge in [0.2, 0.25) is 0 Å². The van der Waals surface area contributed by atoms with Gasteiger partial charge in [-0.2, -0.15) is 26.3 Å². The fourth-order valence-electron chi connectivity index (χ4n) is 1.24. The number of alkyl halides is 7. The molecule has 0 radical (unpaired) electrons. The maximum atomic E-state index is 13.4. The van der Waals surface area contributed by atoms with Crippen molar-refractivity contribution in [1.29, 1.82) is 0 Å². The Morgan fingerprint density at radius 3 is 1.44 bits per heavy atom. The topological polar surface area (TPSA) is 29.4 Å². The lowest BCUT2D eigenvalue weighted by molar-refractivity contribution is -0.348. The zero-order valence-electron chi connectivity index (χ0n) is 8.31. The second-order valence-corrected chi connectivity index (χ2v) is 3.29. The predicted octanol–water partition coefficient (Wildman–Crippen LogP) is 4.37. The van der Waals surface area contributed by atoms with Gasteiger partial charge in [0.05, 0.1) is 0 Å². The third-order valence-electron chi connectivity index (χ3n) is 2.15. The molecule has 18 heavy (non-hydrogen) atoms. The Morgan fingerprint density at radius 1 is 0.778 bits per heavy atom. The fraction of sp³-hybridized carbons (Fsp3) is 0.333. The number of nitrogens with zero attached hydrogens (tertiary/aromatic N) is 1. The Morgan fingerprint density at radius 2 is 1.17 bits per heavy atom. The van der Waals surface area contributed by atoms with E-state index < -0.39 is 29.3 Å². The Balaban J connectivity index is 3.40. The number of hydrogen-bond acceptors (Lipinski definition) is 2. The largest absolute Gasteiger partial charge is 0.435 e. The molecular weight excluding hydrogens is 271 g/mol. The van der Waals surface area contributed by atoms with Crippen LogP contribution in [0.3, 0.4) is 0 Å². The minimum absolute atomic E-state index is 0.220. The summed E-state index contributed by atoms with van der Waals surface area (Å²) in [5.74, 6) is 0. The molecule has 0 aliphatic heterocycles. The molecule has 0 atom stereocenters. The highest BCUT2D eigenvalue weighted by atomic mass is 19.4. The van der Waals surface area contributed by atoms with Gasteiger partial charge >= 0.3 is 18.0 Å². The van der Waals surface area contributed by atoms with Crippen LogP contribution in [0.2, 0.25) is 0 Å². The van der Waals surface area contributed by atoms with Crippen LogP contribution < -0.4 is 0 Å². The molecule has 1 aromatic carbocycles. The van der Waals surface area contributed by atoms with Crippen LogP contribution in [0.1, 0.15) is 5.56 Å². The van der Waals surface area contributed by atoms with E-state index in [9.17, 15) is 35.6 Å². The quantitative estimate of drug-likeness (QED) is 0.582. The highest BCUT2D eigenvalue weighted by Crippen LogP contribution is 2.53. The summed E-state index contributed by atoms with van der Waals surface area (Å²) < 4.78 is 87.1. The van der Waals surface area contributed by atoms with Gasteiger partial charge < -0.3 is 0 Å². The predicted molar refractivity (Wildman–Crippen MR) is 46.8 cm³/mol. The van der Waals surface area contributed by atoms with Crippen LogP contribution in [-0.4, -0.2) is 12.4 Å². The molecule has 0 spiro atoms. The van der Waals surface area contributed by atoms with Crippen LogP contribution in [0.5, 0.6) is 0 Å². The van der Waals surface area contributed by atoms with Crippen molar-refractivity contribution in [2.24, 2.45) is 5.18 Å². The van der Waals surface area contributed by atoms with Crippen molar-refractivity contribution in [3.05, 3.63) is 34.7 Å². The molecule has 0 unspecified atom stereocenters. The lowest BCUT2D eigenvalue weighted by Crippen LogP contribution is -2.50. The van der Waals surface area contributed by atoms with Crippen molar-refractivity contribution >= 4 is 5.69 Å². The molecule has 100 valence electrons. The minimum atomic E-state index is -6.17. The molecule has 0 N–H and O–H groups in total. The molecule has 0 fully saturated rings. The first-order valence-electron chi connectivity index (χ1n) is 4.30. The molecule has 9 heteroatoms. The van der Waals surface area contributed by atoms with Crippen LogP contribution in [-0.2, 0) is 5.67 Å². The zero-order chi connectivity index (χ0) is 14.2. The third kappa shape index (κ3) is 2.16. The minimum Gasteiger partial charge on any atom is -0.218 e. The van der Waals surface area contributed by atoms with Gasteiger partial charge in [0, 0.05) is 5.56 Å². The first-order chi connectivity index (χ1) is 8.04. The lowest BCUT2D eigenvalue weighted by Gasteiger charge is -2.30. The standard InChI is InChI=1S/C9H4F7NO/c10-7(8(11,12)13,9(14,15)16)5-1-3-6(17-18)4-2-5/h1-4H. The average molecular weight is 275 g/mol. The fourth-order valence-corrected chi connectivity index (χ4v) is 1.24. The first-order valence-corrected chi connectivity index (χ1v) is 4.30. The molecule has 1 rings (SSSR count). The first kappa shape index (κ1) is 14.4. The van der Waals surface area contributed by atoms with E-state index in [-0.39, 0.29) is 12.1 Å². The molecule has 1 aromatic rings. The average Bonchev–Trinajstić information content (AvgIpc) is 2.25. The molecule has 0 aliphatic rings. The number of benzene rings is 1. The van der Waals surface area contributed by atoms with Gasteiger partial charge in [-0.25, -0.2) is 4.39 Å². The summed E-state index contributed by atoms with van der Waals surface area (Å²) in [6, 6.07) is 1.57.